The van der Waals surface area contributed by atoms with Gasteiger partial charge >= 0.3 is 5.97 Å². The summed E-state index contributed by atoms with van der Waals surface area (Å²) in [4.78, 5) is 25.7. The van der Waals surface area contributed by atoms with Gasteiger partial charge in [0.05, 0.1) is 14.2 Å². The topological polar surface area (TPSA) is 65.1 Å². The molecular weight excluding hydrogens is 358 g/mol. The first kappa shape index (κ1) is 19.5. The minimum Gasteiger partial charge on any atom is -0.493 e. The standard InChI is InChI=1S/C22H23NO5/c1-26-20-14-16(10-12-22(25)27-2)9-11-19(20)28-15-21(24)23-13-5-7-17-6-3-4-8-18(17)23/h3-4,6,8-12,14H,5,7,13,15H2,1-2H3/b12-10+. The highest BCUT2D eigenvalue weighted by atomic mass is 16.5. The van der Waals surface area contributed by atoms with Gasteiger partial charge in [-0.15, -0.1) is 0 Å². The summed E-state index contributed by atoms with van der Waals surface area (Å²) in [6.45, 7) is 0.607. The smallest absolute Gasteiger partial charge is 0.330 e. The first-order chi connectivity index (χ1) is 13.6. The average Bonchev–Trinajstić information content (AvgIpc) is 2.75. The lowest BCUT2D eigenvalue weighted by molar-refractivity contribution is -0.134. The van der Waals surface area contributed by atoms with Crippen LogP contribution in [0.2, 0.25) is 0 Å². The third kappa shape index (κ3) is 4.52. The Bertz CT molecular complexity index is 890. The van der Waals surface area contributed by atoms with Crippen molar-refractivity contribution >= 4 is 23.6 Å². The zero-order chi connectivity index (χ0) is 19.9. The van der Waals surface area contributed by atoms with Gasteiger partial charge in [-0.3, -0.25) is 4.79 Å². The van der Waals surface area contributed by atoms with E-state index in [2.05, 4.69) is 10.8 Å². The number of fused-ring (bicyclic) bond motifs is 1. The molecule has 0 spiro atoms. The Kier molecular flexibility index (Phi) is 6.32. The maximum Gasteiger partial charge on any atom is 0.330 e. The number of rotatable bonds is 6. The Morgan fingerprint density at radius 3 is 2.71 bits per heavy atom. The second kappa shape index (κ2) is 9.08. The summed E-state index contributed by atoms with van der Waals surface area (Å²) in [5.41, 5.74) is 2.89. The fraction of sp³-hybridized carbons (Fsp3) is 0.273. The van der Waals surface area contributed by atoms with Gasteiger partial charge in [-0.05, 0) is 48.2 Å². The van der Waals surface area contributed by atoms with Crippen molar-refractivity contribution in [3.8, 4) is 11.5 Å². The number of esters is 1. The maximum absolute atomic E-state index is 12.7. The molecule has 1 aliphatic rings. The Morgan fingerprint density at radius 1 is 1.11 bits per heavy atom. The van der Waals surface area contributed by atoms with Gasteiger partial charge in [0.15, 0.2) is 18.1 Å². The van der Waals surface area contributed by atoms with Crippen LogP contribution in [0, 0.1) is 0 Å². The summed E-state index contributed by atoms with van der Waals surface area (Å²) in [7, 11) is 2.85. The van der Waals surface area contributed by atoms with Crippen LogP contribution in [0.1, 0.15) is 17.5 Å². The SMILES string of the molecule is COC(=O)/C=C/c1ccc(OCC(=O)N2CCCc3ccccc32)c(OC)c1. The molecule has 2 aromatic rings. The number of nitrogens with zero attached hydrogens (tertiary/aromatic N) is 1. The van der Waals surface area contributed by atoms with Crippen LogP contribution in [0.3, 0.4) is 0 Å². The third-order valence-electron chi connectivity index (χ3n) is 4.56. The van der Waals surface area contributed by atoms with Crippen LogP contribution in [0.4, 0.5) is 5.69 Å². The van der Waals surface area contributed by atoms with Crippen molar-refractivity contribution in [1.29, 1.82) is 0 Å². The molecule has 0 N–H and O–H groups in total. The van der Waals surface area contributed by atoms with E-state index in [0.29, 0.717) is 18.0 Å². The lowest BCUT2D eigenvalue weighted by Gasteiger charge is -2.29. The normalized spacial score (nSPS) is 13.1. The molecule has 0 saturated carbocycles. The molecule has 6 heteroatoms. The summed E-state index contributed by atoms with van der Waals surface area (Å²) in [6.07, 6.45) is 4.86. The van der Waals surface area contributed by atoms with Crippen molar-refractivity contribution in [2.75, 3.05) is 32.3 Å². The second-order valence-electron chi connectivity index (χ2n) is 6.33. The summed E-state index contributed by atoms with van der Waals surface area (Å²) in [5, 5.41) is 0. The molecular formula is C22H23NO5. The molecule has 146 valence electrons. The van der Waals surface area contributed by atoms with Crippen LogP contribution in [-0.2, 0) is 20.7 Å². The Hall–Kier alpha value is -3.28. The van der Waals surface area contributed by atoms with Gasteiger partial charge in [0, 0.05) is 18.3 Å². The van der Waals surface area contributed by atoms with Crippen LogP contribution in [-0.4, -0.2) is 39.2 Å². The number of para-hydroxylation sites is 1. The van der Waals surface area contributed by atoms with Gasteiger partial charge < -0.3 is 19.1 Å². The Labute approximate surface area is 164 Å². The van der Waals surface area contributed by atoms with E-state index in [9.17, 15) is 9.59 Å². The highest BCUT2D eigenvalue weighted by Gasteiger charge is 2.22. The Balaban J connectivity index is 1.68. The average molecular weight is 381 g/mol. The number of hydrogen-bond acceptors (Lipinski definition) is 5. The van der Waals surface area contributed by atoms with E-state index in [1.165, 1.54) is 25.9 Å². The molecule has 0 saturated heterocycles. The summed E-state index contributed by atoms with van der Waals surface area (Å²) < 4.78 is 15.7. The molecule has 0 atom stereocenters. The highest BCUT2D eigenvalue weighted by Crippen LogP contribution is 2.30. The van der Waals surface area contributed by atoms with Gasteiger partial charge in [0.2, 0.25) is 0 Å². The number of ether oxygens (including phenoxy) is 3. The highest BCUT2D eigenvalue weighted by molar-refractivity contribution is 5.95. The molecule has 0 unspecified atom stereocenters. The number of hydrogen-bond donors (Lipinski definition) is 0. The largest absolute Gasteiger partial charge is 0.493 e. The molecule has 0 aliphatic carbocycles. The monoisotopic (exact) mass is 381 g/mol. The van der Waals surface area contributed by atoms with E-state index in [4.69, 9.17) is 9.47 Å². The lowest BCUT2D eigenvalue weighted by atomic mass is 10.0. The number of amides is 1. The van der Waals surface area contributed by atoms with E-state index in [0.717, 1.165) is 24.1 Å². The summed E-state index contributed by atoms with van der Waals surface area (Å²) in [6, 6.07) is 13.2. The maximum atomic E-state index is 12.7. The zero-order valence-electron chi connectivity index (χ0n) is 16.0. The van der Waals surface area contributed by atoms with Crippen LogP contribution in [0.15, 0.2) is 48.5 Å². The molecule has 0 fully saturated rings. The molecule has 0 radical (unpaired) electrons. The van der Waals surface area contributed by atoms with Crippen molar-refractivity contribution < 1.29 is 23.8 Å². The van der Waals surface area contributed by atoms with Gasteiger partial charge in [-0.2, -0.15) is 0 Å². The van der Waals surface area contributed by atoms with Crippen LogP contribution in [0.5, 0.6) is 11.5 Å². The molecule has 2 aromatic carbocycles. The van der Waals surface area contributed by atoms with E-state index in [1.807, 2.05) is 18.2 Å². The summed E-state index contributed by atoms with van der Waals surface area (Å²) >= 11 is 0. The fourth-order valence-corrected chi connectivity index (χ4v) is 3.15. The molecule has 28 heavy (non-hydrogen) atoms. The number of aryl methyl sites for hydroxylation is 1. The predicted octanol–water partition coefficient (Wildman–Crippen LogP) is 3.24. The van der Waals surface area contributed by atoms with E-state index in [1.54, 1.807) is 29.2 Å². The predicted molar refractivity (Wildman–Crippen MR) is 107 cm³/mol. The van der Waals surface area contributed by atoms with Crippen LogP contribution >= 0.6 is 0 Å². The molecule has 1 heterocycles. The molecule has 3 rings (SSSR count). The van der Waals surface area contributed by atoms with Crippen LogP contribution < -0.4 is 14.4 Å². The number of anilines is 1. The van der Waals surface area contributed by atoms with Crippen LogP contribution in [0.25, 0.3) is 6.08 Å². The molecule has 1 amide bonds. The first-order valence-electron chi connectivity index (χ1n) is 9.07. The minimum atomic E-state index is -0.438. The minimum absolute atomic E-state index is 0.0813. The quantitative estimate of drug-likeness (QED) is 0.568. The zero-order valence-corrected chi connectivity index (χ0v) is 16.0. The van der Waals surface area contributed by atoms with Gasteiger partial charge in [-0.25, -0.2) is 4.79 Å². The van der Waals surface area contributed by atoms with Crippen molar-refractivity contribution in [3.05, 3.63) is 59.7 Å². The Morgan fingerprint density at radius 2 is 1.93 bits per heavy atom. The number of methoxy groups -OCH3 is 2. The number of carbonyl (C=O) groups is 2. The third-order valence-corrected chi connectivity index (χ3v) is 4.56. The molecule has 0 aromatic heterocycles. The van der Waals surface area contributed by atoms with Crippen molar-refractivity contribution in [2.24, 2.45) is 0 Å². The fourth-order valence-electron chi connectivity index (χ4n) is 3.15. The second-order valence-corrected chi connectivity index (χ2v) is 6.33. The molecule has 6 nitrogen and oxygen atoms in total. The van der Waals surface area contributed by atoms with E-state index in [-0.39, 0.29) is 12.5 Å². The van der Waals surface area contributed by atoms with Gasteiger partial charge in [0.1, 0.15) is 0 Å². The first-order valence-corrected chi connectivity index (χ1v) is 9.07. The van der Waals surface area contributed by atoms with Crippen molar-refractivity contribution in [1.82, 2.24) is 0 Å². The van der Waals surface area contributed by atoms with E-state index < -0.39 is 5.97 Å². The molecule has 1 aliphatic heterocycles. The lowest BCUT2D eigenvalue weighted by Crippen LogP contribution is -2.38. The number of benzene rings is 2. The van der Waals surface area contributed by atoms with Gasteiger partial charge in [-0.1, -0.05) is 24.3 Å². The van der Waals surface area contributed by atoms with Crippen molar-refractivity contribution in [2.45, 2.75) is 12.8 Å². The number of carbonyl (C=O) groups excluding carboxylic acids is 2. The van der Waals surface area contributed by atoms with Crippen molar-refractivity contribution in [3.63, 3.8) is 0 Å². The van der Waals surface area contributed by atoms with E-state index >= 15 is 0 Å². The van der Waals surface area contributed by atoms with Gasteiger partial charge in [0.25, 0.3) is 5.91 Å². The summed E-state index contributed by atoms with van der Waals surface area (Å²) in [5.74, 6) is 0.422. The molecule has 0 bridgehead atoms.